The largest absolute Gasteiger partial charge is 0.395 e. The van der Waals surface area contributed by atoms with Crippen LogP contribution in [0.25, 0.3) is 10.8 Å². The Morgan fingerprint density at radius 2 is 2.11 bits per heavy atom. The molecule has 1 N–H and O–H groups in total. The van der Waals surface area contributed by atoms with Gasteiger partial charge in [-0.2, -0.15) is 0 Å². The number of hydrogen-bond acceptors (Lipinski definition) is 3. The zero-order valence-electron chi connectivity index (χ0n) is 10.0. The first kappa shape index (κ1) is 11.9. The summed E-state index contributed by atoms with van der Waals surface area (Å²) in [5.41, 5.74) is 0. The number of nitrogens with zero attached hydrogens (tertiary/aromatic N) is 2. The first-order chi connectivity index (χ1) is 8.81. The zero-order valence-corrected chi connectivity index (χ0v) is 11.6. The summed E-state index contributed by atoms with van der Waals surface area (Å²) in [5.74, 6) is 0.991. The predicted octanol–water partition coefficient (Wildman–Crippen LogP) is 2.96. The number of aromatic nitrogens is 1. The fourth-order valence-electron chi connectivity index (χ4n) is 2.34. The van der Waals surface area contributed by atoms with E-state index in [9.17, 15) is 5.11 Å². The number of fused-ring (bicyclic) bond motifs is 1. The first-order valence-electron chi connectivity index (χ1n) is 6.22. The second kappa shape index (κ2) is 4.86. The van der Waals surface area contributed by atoms with E-state index in [2.05, 4.69) is 31.9 Å². The molecule has 0 spiro atoms. The number of aliphatic hydroxyl groups is 1. The van der Waals surface area contributed by atoms with Crippen LogP contribution in [-0.4, -0.2) is 29.3 Å². The highest BCUT2D eigenvalue weighted by Crippen LogP contribution is 2.35. The lowest BCUT2D eigenvalue weighted by atomic mass is 10.1. The normalized spacial score (nSPS) is 15.0. The summed E-state index contributed by atoms with van der Waals surface area (Å²) in [6.45, 7) is 0.825. The van der Waals surface area contributed by atoms with Gasteiger partial charge in [0.25, 0.3) is 0 Å². The van der Waals surface area contributed by atoms with Gasteiger partial charge in [-0.1, -0.05) is 28.1 Å². The highest BCUT2D eigenvalue weighted by molar-refractivity contribution is 9.10. The molecule has 1 aromatic carbocycles. The lowest BCUT2D eigenvalue weighted by Crippen LogP contribution is -2.29. The molecular weight excluding hydrogens is 292 g/mol. The van der Waals surface area contributed by atoms with Crippen LogP contribution in [0.4, 0.5) is 5.82 Å². The number of rotatable bonds is 4. The van der Waals surface area contributed by atoms with Crippen molar-refractivity contribution in [2.24, 2.45) is 0 Å². The van der Waals surface area contributed by atoms with Crippen molar-refractivity contribution < 1.29 is 5.11 Å². The summed E-state index contributed by atoms with van der Waals surface area (Å²) in [7, 11) is 0. The number of aliphatic hydroxyl groups excluding tert-OH is 1. The Bertz CT molecular complexity index is 569. The van der Waals surface area contributed by atoms with Crippen LogP contribution in [0.3, 0.4) is 0 Å². The molecule has 0 saturated heterocycles. The van der Waals surface area contributed by atoms with E-state index in [4.69, 9.17) is 0 Å². The second-order valence-electron chi connectivity index (χ2n) is 4.62. The molecule has 2 aromatic rings. The van der Waals surface area contributed by atoms with Crippen LogP contribution < -0.4 is 4.90 Å². The maximum Gasteiger partial charge on any atom is 0.136 e. The lowest BCUT2D eigenvalue weighted by Gasteiger charge is -2.24. The average molecular weight is 307 g/mol. The Balaban J connectivity index is 2.12. The molecular formula is C14H15BrN2O. The Kier molecular flexibility index (Phi) is 3.22. The fraction of sp³-hybridized carbons (Fsp3) is 0.357. The van der Waals surface area contributed by atoms with Crippen LogP contribution in [-0.2, 0) is 0 Å². The van der Waals surface area contributed by atoms with E-state index in [-0.39, 0.29) is 6.61 Å². The molecule has 3 nitrogen and oxygen atoms in total. The minimum atomic E-state index is 0.169. The maximum absolute atomic E-state index is 9.22. The van der Waals surface area contributed by atoms with Crippen molar-refractivity contribution in [3.05, 3.63) is 34.9 Å². The molecule has 94 valence electrons. The Morgan fingerprint density at radius 1 is 1.28 bits per heavy atom. The van der Waals surface area contributed by atoms with Gasteiger partial charge in [0.2, 0.25) is 0 Å². The van der Waals surface area contributed by atoms with E-state index < -0.39 is 0 Å². The van der Waals surface area contributed by atoms with E-state index in [1.54, 1.807) is 0 Å². The zero-order chi connectivity index (χ0) is 12.5. The van der Waals surface area contributed by atoms with Crippen molar-refractivity contribution in [2.75, 3.05) is 18.1 Å². The number of halogens is 1. The number of hydrogen-bond donors (Lipinski definition) is 1. The highest BCUT2D eigenvalue weighted by atomic mass is 79.9. The molecule has 1 aliphatic carbocycles. The van der Waals surface area contributed by atoms with Crippen LogP contribution in [0.2, 0.25) is 0 Å². The third kappa shape index (κ3) is 2.10. The summed E-state index contributed by atoms with van der Waals surface area (Å²) in [6.07, 6.45) is 4.24. The molecule has 1 aromatic heterocycles. The molecule has 0 atom stereocenters. The van der Waals surface area contributed by atoms with Crippen molar-refractivity contribution in [1.29, 1.82) is 0 Å². The molecule has 18 heavy (non-hydrogen) atoms. The predicted molar refractivity (Wildman–Crippen MR) is 76.9 cm³/mol. The summed E-state index contributed by atoms with van der Waals surface area (Å²) >= 11 is 3.58. The fourth-order valence-corrected chi connectivity index (χ4v) is 2.84. The molecule has 1 aliphatic rings. The smallest absolute Gasteiger partial charge is 0.136 e. The van der Waals surface area contributed by atoms with Crippen molar-refractivity contribution >= 4 is 32.5 Å². The minimum Gasteiger partial charge on any atom is -0.395 e. The van der Waals surface area contributed by atoms with Crippen LogP contribution >= 0.6 is 15.9 Å². The van der Waals surface area contributed by atoms with E-state index in [1.165, 1.54) is 18.2 Å². The summed E-state index contributed by atoms with van der Waals surface area (Å²) in [5, 5.41) is 11.5. The van der Waals surface area contributed by atoms with Crippen LogP contribution in [0.1, 0.15) is 12.8 Å². The van der Waals surface area contributed by atoms with Gasteiger partial charge in [-0.3, -0.25) is 0 Å². The number of pyridine rings is 1. The number of benzene rings is 1. The van der Waals surface area contributed by atoms with Gasteiger partial charge in [0.1, 0.15) is 5.82 Å². The van der Waals surface area contributed by atoms with Gasteiger partial charge in [-0.05, 0) is 25.0 Å². The van der Waals surface area contributed by atoms with Gasteiger partial charge < -0.3 is 10.0 Å². The van der Waals surface area contributed by atoms with Crippen LogP contribution in [0, 0.1) is 0 Å². The summed E-state index contributed by atoms with van der Waals surface area (Å²) in [6, 6.07) is 8.73. The van der Waals surface area contributed by atoms with Crippen LogP contribution in [0.5, 0.6) is 0 Å². The summed E-state index contributed by atoms with van der Waals surface area (Å²) < 4.78 is 1.09. The molecule has 4 heteroatoms. The Labute approximate surface area is 115 Å². The number of anilines is 1. The van der Waals surface area contributed by atoms with Gasteiger partial charge >= 0.3 is 0 Å². The van der Waals surface area contributed by atoms with Gasteiger partial charge in [0.15, 0.2) is 0 Å². The minimum absolute atomic E-state index is 0.169. The molecule has 0 unspecified atom stereocenters. The van der Waals surface area contributed by atoms with E-state index in [1.807, 2.05) is 24.4 Å². The van der Waals surface area contributed by atoms with Crippen molar-refractivity contribution in [3.63, 3.8) is 0 Å². The standard InChI is InChI=1S/C14H15BrN2O/c15-13-3-1-2-12-11(13)6-7-16-14(12)17(8-9-18)10-4-5-10/h1-3,6-7,10,18H,4-5,8-9H2. The summed E-state index contributed by atoms with van der Waals surface area (Å²) in [4.78, 5) is 6.75. The lowest BCUT2D eigenvalue weighted by molar-refractivity contribution is 0.301. The molecule has 3 rings (SSSR count). The van der Waals surface area contributed by atoms with Crippen molar-refractivity contribution in [3.8, 4) is 0 Å². The quantitative estimate of drug-likeness (QED) is 0.943. The molecule has 0 amide bonds. The van der Waals surface area contributed by atoms with Crippen molar-refractivity contribution in [1.82, 2.24) is 4.98 Å². The van der Waals surface area contributed by atoms with E-state index in [0.29, 0.717) is 12.6 Å². The molecule has 1 fully saturated rings. The molecule has 0 bridgehead atoms. The Hall–Kier alpha value is -1.13. The molecule has 0 radical (unpaired) electrons. The molecule has 1 heterocycles. The second-order valence-corrected chi connectivity index (χ2v) is 5.47. The van der Waals surface area contributed by atoms with Gasteiger partial charge in [0, 0.05) is 34.0 Å². The molecule has 1 saturated carbocycles. The highest BCUT2D eigenvalue weighted by Gasteiger charge is 2.30. The SMILES string of the molecule is OCCN(c1nccc2c(Br)cccc12)C1CC1. The topological polar surface area (TPSA) is 36.4 Å². The van der Waals surface area contributed by atoms with Crippen LogP contribution in [0.15, 0.2) is 34.9 Å². The van der Waals surface area contributed by atoms with Gasteiger partial charge in [-0.15, -0.1) is 0 Å². The van der Waals surface area contributed by atoms with Gasteiger partial charge in [-0.25, -0.2) is 4.98 Å². The van der Waals surface area contributed by atoms with Gasteiger partial charge in [0.05, 0.1) is 6.61 Å². The third-order valence-electron chi connectivity index (χ3n) is 3.33. The Morgan fingerprint density at radius 3 is 2.83 bits per heavy atom. The maximum atomic E-state index is 9.22. The van der Waals surface area contributed by atoms with E-state index in [0.717, 1.165) is 15.7 Å². The van der Waals surface area contributed by atoms with E-state index >= 15 is 0 Å². The van der Waals surface area contributed by atoms with Crippen molar-refractivity contribution in [2.45, 2.75) is 18.9 Å². The average Bonchev–Trinajstić information content (AvgIpc) is 3.20. The third-order valence-corrected chi connectivity index (χ3v) is 4.02. The monoisotopic (exact) mass is 306 g/mol. The molecule has 0 aliphatic heterocycles. The first-order valence-corrected chi connectivity index (χ1v) is 7.01.